The highest BCUT2D eigenvalue weighted by molar-refractivity contribution is 5.89. The molecule has 1 aromatic rings. The highest BCUT2D eigenvalue weighted by atomic mass is 16.2. The molecule has 2 atom stereocenters. The summed E-state index contributed by atoms with van der Waals surface area (Å²) < 4.78 is 0. The minimum Gasteiger partial charge on any atom is -0.366 e. The molecule has 128 valence electrons. The molecular formula is C19H25N3O2. The molecule has 0 radical (unpaired) electrons. The lowest BCUT2D eigenvalue weighted by atomic mass is 10.1. The van der Waals surface area contributed by atoms with Crippen LogP contribution in [0, 0.1) is 5.92 Å². The SMILES string of the molecule is CC(CNC(=O)C1CC(=O)N(C2CC2)C1)N1CCc2ccccc21. The highest BCUT2D eigenvalue weighted by Gasteiger charge is 2.41. The standard InChI is InChI=1S/C19H25N3O2/c1-13(21-9-8-14-4-2-3-5-17(14)21)11-20-19(24)15-10-18(23)22(12-15)16-6-7-16/h2-5,13,15-16H,6-12H2,1H3,(H,20,24). The molecule has 0 bridgehead atoms. The van der Waals surface area contributed by atoms with Crippen molar-refractivity contribution in [2.75, 3.05) is 24.5 Å². The maximum atomic E-state index is 12.4. The van der Waals surface area contributed by atoms with Crippen LogP contribution in [0.2, 0.25) is 0 Å². The van der Waals surface area contributed by atoms with Crippen LogP contribution in [0.3, 0.4) is 0 Å². The van der Waals surface area contributed by atoms with Crippen LogP contribution in [0.1, 0.15) is 31.7 Å². The van der Waals surface area contributed by atoms with Crippen molar-refractivity contribution in [1.29, 1.82) is 0 Å². The van der Waals surface area contributed by atoms with Crippen LogP contribution in [0.4, 0.5) is 5.69 Å². The second-order valence-corrected chi connectivity index (χ2v) is 7.34. The number of hydrogen-bond acceptors (Lipinski definition) is 3. The first-order valence-corrected chi connectivity index (χ1v) is 9.05. The van der Waals surface area contributed by atoms with E-state index in [0.29, 0.717) is 25.6 Å². The Labute approximate surface area is 143 Å². The summed E-state index contributed by atoms with van der Waals surface area (Å²) in [4.78, 5) is 28.7. The van der Waals surface area contributed by atoms with E-state index in [1.165, 1.54) is 11.3 Å². The quantitative estimate of drug-likeness (QED) is 0.893. The lowest BCUT2D eigenvalue weighted by molar-refractivity contribution is -0.129. The van der Waals surface area contributed by atoms with Crippen LogP contribution >= 0.6 is 0 Å². The van der Waals surface area contributed by atoms with Crippen molar-refractivity contribution >= 4 is 17.5 Å². The Kier molecular flexibility index (Phi) is 3.94. The van der Waals surface area contributed by atoms with Gasteiger partial charge in [-0.15, -0.1) is 0 Å². The molecule has 24 heavy (non-hydrogen) atoms. The number of carbonyl (C=O) groups excluding carboxylic acids is 2. The van der Waals surface area contributed by atoms with E-state index in [9.17, 15) is 9.59 Å². The van der Waals surface area contributed by atoms with E-state index >= 15 is 0 Å². The summed E-state index contributed by atoms with van der Waals surface area (Å²) >= 11 is 0. The van der Waals surface area contributed by atoms with Crippen LogP contribution in [-0.4, -0.2) is 48.4 Å². The van der Waals surface area contributed by atoms with Crippen LogP contribution in [0.5, 0.6) is 0 Å². The van der Waals surface area contributed by atoms with Crippen molar-refractivity contribution in [3.63, 3.8) is 0 Å². The molecule has 0 spiro atoms. The molecule has 2 amide bonds. The summed E-state index contributed by atoms with van der Waals surface area (Å²) in [5.41, 5.74) is 2.67. The number of fused-ring (bicyclic) bond motifs is 1. The van der Waals surface area contributed by atoms with Gasteiger partial charge >= 0.3 is 0 Å². The molecular weight excluding hydrogens is 302 g/mol. The van der Waals surface area contributed by atoms with Crippen LogP contribution in [0.15, 0.2) is 24.3 Å². The number of benzene rings is 1. The summed E-state index contributed by atoms with van der Waals surface area (Å²) in [7, 11) is 0. The number of para-hydroxylation sites is 1. The predicted octanol–water partition coefficient (Wildman–Crippen LogP) is 1.56. The van der Waals surface area contributed by atoms with Gasteiger partial charge in [-0.1, -0.05) is 18.2 Å². The monoisotopic (exact) mass is 327 g/mol. The van der Waals surface area contributed by atoms with Gasteiger partial charge in [0.2, 0.25) is 11.8 Å². The number of amides is 2. The molecule has 5 heteroatoms. The smallest absolute Gasteiger partial charge is 0.225 e. The molecule has 1 aliphatic carbocycles. The highest BCUT2D eigenvalue weighted by Crippen LogP contribution is 2.33. The Hall–Kier alpha value is -2.04. The summed E-state index contributed by atoms with van der Waals surface area (Å²) in [6.45, 7) is 4.39. The molecule has 1 saturated carbocycles. The number of hydrogen-bond donors (Lipinski definition) is 1. The van der Waals surface area contributed by atoms with Crippen molar-refractivity contribution in [2.24, 2.45) is 5.92 Å². The zero-order chi connectivity index (χ0) is 16.7. The number of nitrogens with zero attached hydrogens (tertiary/aromatic N) is 2. The van der Waals surface area contributed by atoms with Gasteiger partial charge in [0.1, 0.15) is 0 Å². The van der Waals surface area contributed by atoms with E-state index in [4.69, 9.17) is 0 Å². The third kappa shape index (κ3) is 2.87. The van der Waals surface area contributed by atoms with Gasteiger partial charge in [0.05, 0.1) is 5.92 Å². The summed E-state index contributed by atoms with van der Waals surface area (Å²) in [6, 6.07) is 9.15. The Morgan fingerprint density at radius 2 is 2.12 bits per heavy atom. The Morgan fingerprint density at radius 1 is 1.33 bits per heavy atom. The summed E-state index contributed by atoms with van der Waals surface area (Å²) in [5.74, 6) is 0.0150. The van der Waals surface area contributed by atoms with E-state index in [0.717, 1.165) is 25.8 Å². The number of carbonyl (C=O) groups is 2. The van der Waals surface area contributed by atoms with Gasteiger partial charge in [-0.3, -0.25) is 9.59 Å². The van der Waals surface area contributed by atoms with E-state index in [-0.39, 0.29) is 23.8 Å². The molecule has 4 rings (SSSR count). The van der Waals surface area contributed by atoms with E-state index in [1.54, 1.807) is 0 Å². The maximum Gasteiger partial charge on any atom is 0.225 e. The van der Waals surface area contributed by atoms with Crippen molar-refractivity contribution in [2.45, 2.75) is 44.7 Å². The van der Waals surface area contributed by atoms with Gasteiger partial charge in [0.15, 0.2) is 0 Å². The molecule has 2 heterocycles. The largest absolute Gasteiger partial charge is 0.366 e. The van der Waals surface area contributed by atoms with Gasteiger partial charge in [-0.2, -0.15) is 0 Å². The second-order valence-electron chi connectivity index (χ2n) is 7.34. The maximum absolute atomic E-state index is 12.4. The molecule has 5 nitrogen and oxygen atoms in total. The number of rotatable bonds is 5. The number of nitrogens with one attached hydrogen (secondary N) is 1. The molecule has 2 unspecified atom stereocenters. The van der Waals surface area contributed by atoms with Crippen LogP contribution in [0.25, 0.3) is 0 Å². The Morgan fingerprint density at radius 3 is 2.92 bits per heavy atom. The normalized spacial score (nSPS) is 24.2. The zero-order valence-corrected chi connectivity index (χ0v) is 14.2. The zero-order valence-electron chi connectivity index (χ0n) is 14.2. The van der Waals surface area contributed by atoms with Crippen molar-refractivity contribution in [1.82, 2.24) is 10.2 Å². The lowest BCUT2D eigenvalue weighted by Crippen LogP contribution is -2.43. The van der Waals surface area contributed by atoms with E-state index in [1.807, 2.05) is 4.90 Å². The Balaban J connectivity index is 1.31. The van der Waals surface area contributed by atoms with Crippen molar-refractivity contribution in [3.8, 4) is 0 Å². The van der Waals surface area contributed by atoms with Crippen molar-refractivity contribution < 1.29 is 9.59 Å². The molecule has 3 aliphatic rings. The third-order valence-electron chi connectivity index (χ3n) is 5.54. The van der Waals surface area contributed by atoms with Gasteiger partial charge in [-0.05, 0) is 37.8 Å². The molecule has 1 saturated heterocycles. The predicted molar refractivity (Wildman–Crippen MR) is 92.8 cm³/mol. The van der Waals surface area contributed by atoms with E-state index in [2.05, 4.69) is 41.4 Å². The van der Waals surface area contributed by atoms with Gasteiger partial charge in [0.25, 0.3) is 0 Å². The second kappa shape index (κ2) is 6.11. The lowest BCUT2D eigenvalue weighted by Gasteiger charge is -2.28. The summed E-state index contributed by atoms with van der Waals surface area (Å²) in [5, 5.41) is 3.07. The first kappa shape index (κ1) is 15.5. The minimum absolute atomic E-state index is 0.0332. The molecule has 0 aromatic heterocycles. The molecule has 2 aliphatic heterocycles. The number of likely N-dealkylation sites (tertiary alicyclic amines) is 1. The molecule has 1 N–H and O–H groups in total. The minimum atomic E-state index is -0.170. The molecule has 2 fully saturated rings. The summed E-state index contributed by atoms with van der Waals surface area (Å²) in [6.07, 6.45) is 3.65. The Bertz CT molecular complexity index is 656. The van der Waals surface area contributed by atoms with Crippen LogP contribution < -0.4 is 10.2 Å². The average Bonchev–Trinajstić information content (AvgIpc) is 3.21. The first-order valence-electron chi connectivity index (χ1n) is 9.05. The van der Waals surface area contributed by atoms with Crippen molar-refractivity contribution in [3.05, 3.63) is 29.8 Å². The van der Waals surface area contributed by atoms with Gasteiger partial charge in [-0.25, -0.2) is 0 Å². The van der Waals surface area contributed by atoms with Gasteiger partial charge in [0, 0.05) is 43.8 Å². The molecule has 1 aromatic carbocycles. The fraction of sp³-hybridized carbons (Fsp3) is 0.579. The average molecular weight is 327 g/mol. The topological polar surface area (TPSA) is 52.7 Å². The van der Waals surface area contributed by atoms with Crippen LogP contribution in [-0.2, 0) is 16.0 Å². The fourth-order valence-corrected chi connectivity index (χ4v) is 3.97. The number of anilines is 1. The third-order valence-corrected chi connectivity index (χ3v) is 5.54. The van der Waals surface area contributed by atoms with Gasteiger partial charge < -0.3 is 15.1 Å². The van der Waals surface area contributed by atoms with E-state index < -0.39 is 0 Å². The fourth-order valence-electron chi connectivity index (χ4n) is 3.97. The first-order chi connectivity index (χ1) is 11.6.